The highest BCUT2D eigenvalue weighted by Gasteiger charge is 2.36. The predicted octanol–water partition coefficient (Wildman–Crippen LogP) is 1.55. The molecule has 1 fully saturated rings. The second-order valence-electron chi connectivity index (χ2n) is 4.75. The molecule has 0 saturated heterocycles. The molecule has 0 aliphatic heterocycles. The van der Waals surface area contributed by atoms with Crippen molar-refractivity contribution in [1.29, 1.82) is 0 Å². The van der Waals surface area contributed by atoms with Gasteiger partial charge >= 0.3 is 0 Å². The van der Waals surface area contributed by atoms with Gasteiger partial charge in [0.15, 0.2) is 0 Å². The Labute approximate surface area is 74.6 Å². The molecule has 0 amide bonds. The second kappa shape index (κ2) is 3.35. The predicted molar refractivity (Wildman–Crippen MR) is 48.8 cm³/mol. The molecule has 0 aromatic carbocycles. The fraction of sp³-hybridized carbons (Fsp3) is 1.00. The number of hydrogen-bond donors (Lipinski definition) is 2. The third-order valence-corrected chi connectivity index (χ3v) is 2.99. The lowest BCUT2D eigenvalue weighted by Gasteiger charge is -2.38. The Balaban J connectivity index is 2.57. The van der Waals surface area contributed by atoms with Gasteiger partial charge in [-0.25, -0.2) is 0 Å². The first kappa shape index (κ1) is 10.0. The molecule has 1 saturated carbocycles. The van der Waals surface area contributed by atoms with Crippen LogP contribution >= 0.6 is 0 Å². The van der Waals surface area contributed by atoms with Crippen LogP contribution in [0.15, 0.2) is 0 Å². The molecule has 1 aliphatic carbocycles. The van der Waals surface area contributed by atoms with Crippen LogP contribution in [-0.4, -0.2) is 21.9 Å². The molecular formula is C10H20O2. The van der Waals surface area contributed by atoms with Crippen molar-refractivity contribution in [2.45, 2.75) is 51.7 Å². The zero-order valence-corrected chi connectivity index (χ0v) is 8.25. The summed E-state index contributed by atoms with van der Waals surface area (Å²) in [5, 5.41) is 19.5. The molecule has 0 aromatic rings. The highest BCUT2D eigenvalue weighted by molar-refractivity contribution is 4.87. The van der Waals surface area contributed by atoms with Gasteiger partial charge in [0.2, 0.25) is 0 Å². The summed E-state index contributed by atoms with van der Waals surface area (Å²) >= 11 is 0. The van der Waals surface area contributed by atoms with Crippen LogP contribution in [0.25, 0.3) is 0 Å². The maximum Gasteiger partial charge on any atom is 0.0644 e. The lowest BCUT2D eigenvalue weighted by atomic mass is 9.73. The molecule has 0 bridgehead atoms. The quantitative estimate of drug-likeness (QED) is 0.630. The fourth-order valence-corrected chi connectivity index (χ4v) is 2.17. The van der Waals surface area contributed by atoms with Crippen LogP contribution in [0.3, 0.4) is 0 Å². The minimum Gasteiger partial charge on any atom is -0.393 e. The van der Waals surface area contributed by atoms with E-state index in [0.717, 1.165) is 19.3 Å². The molecule has 1 aliphatic rings. The average molecular weight is 172 g/mol. The molecule has 0 spiro atoms. The zero-order valence-electron chi connectivity index (χ0n) is 8.25. The summed E-state index contributed by atoms with van der Waals surface area (Å²) in [5.74, 6) is 0.673. The van der Waals surface area contributed by atoms with E-state index in [2.05, 4.69) is 6.92 Å². The summed E-state index contributed by atoms with van der Waals surface area (Å²) in [5.41, 5.74) is -0.723. The summed E-state index contributed by atoms with van der Waals surface area (Å²) in [6.07, 6.45) is 2.61. The van der Waals surface area contributed by atoms with E-state index in [1.807, 2.05) is 0 Å². The van der Waals surface area contributed by atoms with Crippen LogP contribution in [0.4, 0.5) is 0 Å². The molecular weight excluding hydrogens is 152 g/mol. The summed E-state index contributed by atoms with van der Waals surface area (Å²) in [7, 11) is 0. The van der Waals surface area contributed by atoms with Crippen molar-refractivity contribution in [3.05, 3.63) is 0 Å². The van der Waals surface area contributed by atoms with E-state index in [4.69, 9.17) is 0 Å². The van der Waals surface area contributed by atoms with Crippen LogP contribution < -0.4 is 0 Å². The van der Waals surface area contributed by atoms with Gasteiger partial charge in [0, 0.05) is 5.92 Å². The van der Waals surface area contributed by atoms with E-state index >= 15 is 0 Å². The maximum absolute atomic E-state index is 9.74. The van der Waals surface area contributed by atoms with Crippen molar-refractivity contribution >= 4 is 0 Å². The van der Waals surface area contributed by atoms with E-state index in [-0.39, 0.29) is 12.0 Å². The van der Waals surface area contributed by atoms with Crippen molar-refractivity contribution in [3.8, 4) is 0 Å². The minimum absolute atomic E-state index is 0.0636. The zero-order chi connectivity index (χ0) is 9.35. The Hall–Kier alpha value is -0.0800. The van der Waals surface area contributed by atoms with Gasteiger partial charge in [-0.05, 0) is 32.6 Å². The van der Waals surface area contributed by atoms with Gasteiger partial charge in [0.1, 0.15) is 0 Å². The molecule has 12 heavy (non-hydrogen) atoms. The lowest BCUT2D eigenvalue weighted by molar-refractivity contribution is -0.0730. The summed E-state index contributed by atoms with van der Waals surface area (Å²) in [6.45, 7) is 5.73. The van der Waals surface area contributed by atoms with Crippen LogP contribution in [-0.2, 0) is 0 Å². The minimum atomic E-state index is -0.723. The fourth-order valence-electron chi connectivity index (χ4n) is 2.17. The Bertz CT molecular complexity index is 148. The summed E-state index contributed by atoms with van der Waals surface area (Å²) < 4.78 is 0. The monoisotopic (exact) mass is 172 g/mol. The van der Waals surface area contributed by atoms with Crippen LogP contribution in [0, 0.1) is 11.8 Å². The first-order chi connectivity index (χ1) is 5.41. The van der Waals surface area contributed by atoms with Crippen LogP contribution in [0.5, 0.6) is 0 Å². The SMILES string of the molecule is C[C@H]1CC[C@H](C(C)(C)O)C(O)C1. The van der Waals surface area contributed by atoms with Gasteiger partial charge in [0.25, 0.3) is 0 Å². The van der Waals surface area contributed by atoms with Gasteiger partial charge in [-0.15, -0.1) is 0 Å². The molecule has 2 heteroatoms. The smallest absolute Gasteiger partial charge is 0.0644 e. The number of hydrogen-bond acceptors (Lipinski definition) is 2. The Morgan fingerprint density at radius 3 is 2.25 bits per heavy atom. The van der Waals surface area contributed by atoms with E-state index in [1.54, 1.807) is 13.8 Å². The van der Waals surface area contributed by atoms with Crippen molar-refractivity contribution in [1.82, 2.24) is 0 Å². The molecule has 1 rings (SSSR count). The number of aliphatic hydroxyl groups excluding tert-OH is 1. The Morgan fingerprint density at radius 2 is 1.83 bits per heavy atom. The van der Waals surface area contributed by atoms with Crippen molar-refractivity contribution in [3.63, 3.8) is 0 Å². The number of aliphatic hydroxyl groups is 2. The van der Waals surface area contributed by atoms with E-state index in [1.165, 1.54) is 0 Å². The first-order valence-corrected chi connectivity index (χ1v) is 4.81. The standard InChI is InChI=1S/C10H20O2/c1-7-4-5-8(9(11)6-7)10(2,3)12/h7-9,11-12H,4-6H2,1-3H3/t7-,8-,9?/m0/s1. The molecule has 2 nitrogen and oxygen atoms in total. The summed E-state index contributed by atoms with van der Waals surface area (Å²) in [6, 6.07) is 0. The molecule has 0 heterocycles. The van der Waals surface area contributed by atoms with E-state index in [0.29, 0.717) is 5.92 Å². The van der Waals surface area contributed by atoms with Crippen LogP contribution in [0.1, 0.15) is 40.0 Å². The highest BCUT2D eigenvalue weighted by atomic mass is 16.3. The maximum atomic E-state index is 9.74. The Morgan fingerprint density at radius 1 is 1.25 bits per heavy atom. The molecule has 0 aromatic heterocycles. The van der Waals surface area contributed by atoms with Crippen LogP contribution in [0.2, 0.25) is 0 Å². The number of rotatable bonds is 1. The summed E-state index contributed by atoms with van der Waals surface area (Å²) in [4.78, 5) is 0. The normalized spacial score (nSPS) is 38.2. The third kappa shape index (κ3) is 2.20. The Kier molecular flexibility index (Phi) is 2.79. The van der Waals surface area contributed by atoms with Gasteiger partial charge in [-0.1, -0.05) is 13.3 Å². The van der Waals surface area contributed by atoms with Gasteiger partial charge in [-0.3, -0.25) is 0 Å². The topological polar surface area (TPSA) is 40.5 Å². The largest absolute Gasteiger partial charge is 0.393 e. The van der Waals surface area contributed by atoms with E-state index < -0.39 is 5.60 Å². The third-order valence-electron chi connectivity index (χ3n) is 2.99. The lowest BCUT2D eigenvalue weighted by Crippen LogP contribution is -2.42. The van der Waals surface area contributed by atoms with Crippen molar-refractivity contribution in [2.24, 2.45) is 11.8 Å². The highest BCUT2D eigenvalue weighted by Crippen LogP contribution is 2.35. The van der Waals surface area contributed by atoms with Gasteiger partial charge in [-0.2, -0.15) is 0 Å². The molecule has 1 unspecified atom stereocenters. The van der Waals surface area contributed by atoms with E-state index in [9.17, 15) is 10.2 Å². The second-order valence-corrected chi connectivity index (χ2v) is 4.75. The molecule has 0 radical (unpaired) electrons. The molecule has 2 N–H and O–H groups in total. The van der Waals surface area contributed by atoms with Gasteiger partial charge < -0.3 is 10.2 Å². The molecule has 72 valence electrons. The average Bonchev–Trinajstić information content (AvgIpc) is 1.83. The van der Waals surface area contributed by atoms with Crippen molar-refractivity contribution in [2.75, 3.05) is 0 Å². The van der Waals surface area contributed by atoms with Gasteiger partial charge in [0.05, 0.1) is 11.7 Å². The van der Waals surface area contributed by atoms with Crippen molar-refractivity contribution < 1.29 is 10.2 Å². The first-order valence-electron chi connectivity index (χ1n) is 4.81. The molecule has 3 atom stereocenters.